The van der Waals surface area contributed by atoms with E-state index in [9.17, 15) is 4.79 Å². The van der Waals surface area contributed by atoms with Gasteiger partial charge in [0, 0.05) is 5.56 Å². The Labute approximate surface area is 94.0 Å². The number of aliphatic carboxylic acids is 1. The summed E-state index contributed by atoms with van der Waals surface area (Å²) in [4.78, 5) is 10.8. The van der Waals surface area contributed by atoms with Gasteiger partial charge in [-0.1, -0.05) is 18.2 Å². The number of para-hydroxylation sites is 1. The van der Waals surface area contributed by atoms with Crippen molar-refractivity contribution in [3.05, 3.63) is 29.8 Å². The molecule has 0 aromatic heterocycles. The van der Waals surface area contributed by atoms with Gasteiger partial charge in [-0.2, -0.15) is 0 Å². The molecule has 4 nitrogen and oxygen atoms in total. The summed E-state index contributed by atoms with van der Waals surface area (Å²) in [6.45, 7) is 0.656. The number of rotatable bonds is 5. The van der Waals surface area contributed by atoms with Crippen molar-refractivity contribution in [2.75, 3.05) is 6.61 Å². The maximum Gasteiger partial charge on any atom is 0.325 e. The first-order valence-corrected chi connectivity index (χ1v) is 5.38. The van der Waals surface area contributed by atoms with E-state index >= 15 is 0 Å². The Kier molecular flexibility index (Phi) is 3.10. The number of carboxylic acids is 1. The molecule has 86 valence electrons. The highest BCUT2D eigenvalue weighted by atomic mass is 16.5. The van der Waals surface area contributed by atoms with E-state index in [4.69, 9.17) is 15.6 Å². The molecule has 0 saturated heterocycles. The van der Waals surface area contributed by atoms with Crippen molar-refractivity contribution in [3.8, 4) is 5.75 Å². The van der Waals surface area contributed by atoms with Crippen LogP contribution in [0.25, 0.3) is 0 Å². The van der Waals surface area contributed by atoms with Gasteiger partial charge in [0.1, 0.15) is 11.8 Å². The first kappa shape index (κ1) is 11.0. The monoisotopic (exact) mass is 221 g/mol. The van der Waals surface area contributed by atoms with Crippen molar-refractivity contribution in [1.82, 2.24) is 0 Å². The molecule has 1 atom stereocenters. The second-order valence-corrected chi connectivity index (χ2v) is 4.11. The molecule has 0 heterocycles. The largest absolute Gasteiger partial charge is 0.493 e. The maximum atomic E-state index is 10.8. The predicted octanol–water partition coefficient (Wildman–Crippen LogP) is 1.56. The molecule has 1 aromatic carbocycles. The van der Waals surface area contributed by atoms with Gasteiger partial charge in [0.15, 0.2) is 0 Å². The molecule has 0 aliphatic heterocycles. The summed E-state index contributed by atoms with van der Waals surface area (Å²) in [6.07, 6.45) is 2.40. The standard InChI is InChI=1S/C12H15NO3/c13-11(12(14)15)9-3-1-2-4-10(9)16-7-8-5-6-8/h1-4,8,11H,5-7,13H2,(H,14,15). The first-order chi connectivity index (χ1) is 7.68. The summed E-state index contributed by atoms with van der Waals surface area (Å²) >= 11 is 0. The lowest BCUT2D eigenvalue weighted by atomic mass is 10.1. The fourth-order valence-corrected chi connectivity index (χ4v) is 1.49. The average Bonchev–Trinajstić information content (AvgIpc) is 3.09. The number of ether oxygens (including phenoxy) is 1. The summed E-state index contributed by atoms with van der Waals surface area (Å²) in [6, 6.07) is 6.03. The second kappa shape index (κ2) is 4.53. The molecule has 4 heteroatoms. The minimum Gasteiger partial charge on any atom is -0.493 e. The minimum absolute atomic E-state index is 0.538. The number of benzene rings is 1. The van der Waals surface area contributed by atoms with E-state index in [1.807, 2.05) is 6.07 Å². The molecule has 1 fully saturated rings. The quantitative estimate of drug-likeness (QED) is 0.791. The lowest BCUT2D eigenvalue weighted by Gasteiger charge is -2.13. The highest BCUT2D eigenvalue weighted by Gasteiger charge is 2.24. The SMILES string of the molecule is NC(C(=O)O)c1ccccc1OCC1CC1. The maximum absolute atomic E-state index is 10.8. The molecule has 1 aromatic rings. The molecule has 0 radical (unpaired) electrons. The van der Waals surface area contributed by atoms with Crippen molar-refractivity contribution >= 4 is 5.97 Å². The van der Waals surface area contributed by atoms with Crippen LogP contribution in [0.3, 0.4) is 0 Å². The van der Waals surface area contributed by atoms with Crippen molar-refractivity contribution < 1.29 is 14.6 Å². The van der Waals surface area contributed by atoms with Crippen LogP contribution in [0.15, 0.2) is 24.3 Å². The number of carbonyl (C=O) groups is 1. The van der Waals surface area contributed by atoms with Crippen LogP contribution in [-0.2, 0) is 4.79 Å². The van der Waals surface area contributed by atoms with Crippen LogP contribution in [0.1, 0.15) is 24.4 Å². The van der Waals surface area contributed by atoms with E-state index in [2.05, 4.69) is 0 Å². The summed E-state index contributed by atoms with van der Waals surface area (Å²) in [5.41, 5.74) is 6.12. The molecular formula is C12H15NO3. The van der Waals surface area contributed by atoms with E-state index in [0.29, 0.717) is 23.8 Å². The minimum atomic E-state index is -1.04. The van der Waals surface area contributed by atoms with E-state index in [-0.39, 0.29) is 0 Å². The van der Waals surface area contributed by atoms with Gasteiger partial charge in [0.2, 0.25) is 0 Å². The van der Waals surface area contributed by atoms with Crippen LogP contribution < -0.4 is 10.5 Å². The molecule has 1 saturated carbocycles. The van der Waals surface area contributed by atoms with E-state index in [1.165, 1.54) is 12.8 Å². The predicted molar refractivity (Wildman–Crippen MR) is 59.2 cm³/mol. The molecule has 16 heavy (non-hydrogen) atoms. The number of hydrogen-bond donors (Lipinski definition) is 2. The van der Waals surface area contributed by atoms with Gasteiger partial charge >= 0.3 is 5.97 Å². The second-order valence-electron chi connectivity index (χ2n) is 4.11. The van der Waals surface area contributed by atoms with Crippen LogP contribution in [0.2, 0.25) is 0 Å². The van der Waals surface area contributed by atoms with Crippen LogP contribution >= 0.6 is 0 Å². The number of nitrogens with two attached hydrogens (primary N) is 1. The zero-order valence-corrected chi connectivity index (χ0v) is 8.93. The van der Waals surface area contributed by atoms with Crippen LogP contribution in [0.4, 0.5) is 0 Å². The van der Waals surface area contributed by atoms with Gasteiger partial charge in [0.25, 0.3) is 0 Å². The molecule has 0 amide bonds. The zero-order valence-electron chi connectivity index (χ0n) is 8.93. The summed E-state index contributed by atoms with van der Waals surface area (Å²) in [5.74, 6) is 0.181. The Hall–Kier alpha value is -1.55. The van der Waals surface area contributed by atoms with Gasteiger partial charge in [-0.15, -0.1) is 0 Å². The first-order valence-electron chi connectivity index (χ1n) is 5.38. The van der Waals surface area contributed by atoms with Gasteiger partial charge in [0.05, 0.1) is 6.61 Å². The summed E-state index contributed by atoms with van der Waals surface area (Å²) < 4.78 is 5.59. The van der Waals surface area contributed by atoms with E-state index in [0.717, 1.165) is 0 Å². The third-order valence-corrected chi connectivity index (χ3v) is 2.69. The van der Waals surface area contributed by atoms with Gasteiger partial charge in [-0.3, -0.25) is 4.79 Å². The van der Waals surface area contributed by atoms with E-state index in [1.54, 1.807) is 18.2 Å². The van der Waals surface area contributed by atoms with Crippen molar-refractivity contribution in [3.63, 3.8) is 0 Å². The topological polar surface area (TPSA) is 72.6 Å². The van der Waals surface area contributed by atoms with Crippen molar-refractivity contribution in [2.24, 2.45) is 11.7 Å². The Morgan fingerprint density at radius 3 is 2.81 bits per heavy atom. The highest BCUT2D eigenvalue weighted by Crippen LogP contribution is 2.31. The van der Waals surface area contributed by atoms with Crippen LogP contribution in [0, 0.1) is 5.92 Å². The Morgan fingerprint density at radius 1 is 1.50 bits per heavy atom. The molecule has 3 N–H and O–H groups in total. The third kappa shape index (κ3) is 2.52. The third-order valence-electron chi connectivity index (χ3n) is 2.69. The van der Waals surface area contributed by atoms with Gasteiger partial charge in [-0.05, 0) is 24.8 Å². The fourth-order valence-electron chi connectivity index (χ4n) is 1.49. The van der Waals surface area contributed by atoms with Crippen LogP contribution in [0.5, 0.6) is 5.75 Å². The molecule has 1 unspecified atom stereocenters. The summed E-state index contributed by atoms with van der Waals surface area (Å²) in [7, 11) is 0. The molecule has 2 rings (SSSR count). The Bertz CT molecular complexity index is 388. The molecule has 1 aliphatic carbocycles. The molecule has 0 spiro atoms. The normalized spacial score (nSPS) is 16.8. The number of hydrogen-bond acceptors (Lipinski definition) is 3. The van der Waals surface area contributed by atoms with Crippen molar-refractivity contribution in [2.45, 2.75) is 18.9 Å². The highest BCUT2D eigenvalue weighted by molar-refractivity contribution is 5.76. The van der Waals surface area contributed by atoms with Crippen LogP contribution in [-0.4, -0.2) is 17.7 Å². The zero-order chi connectivity index (χ0) is 11.5. The average molecular weight is 221 g/mol. The number of carboxylic acid groups (broad SMARTS) is 1. The Balaban J connectivity index is 2.11. The lowest BCUT2D eigenvalue weighted by Crippen LogP contribution is -2.21. The Morgan fingerprint density at radius 2 is 2.19 bits per heavy atom. The van der Waals surface area contributed by atoms with E-state index < -0.39 is 12.0 Å². The van der Waals surface area contributed by atoms with Crippen molar-refractivity contribution in [1.29, 1.82) is 0 Å². The van der Waals surface area contributed by atoms with Gasteiger partial charge in [-0.25, -0.2) is 0 Å². The molecular weight excluding hydrogens is 206 g/mol. The molecule has 0 bridgehead atoms. The van der Waals surface area contributed by atoms with Gasteiger partial charge < -0.3 is 15.6 Å². The molecule has 1 aliphatic rings. The smallest absolute Gasteiger partial charge is 0.325 e. The lowest BCUT2D eigenvalue weighted by molar-refractivity contribution is -0.138. The fraction of sp³-hybridized carbons (Fsp3) is 0.417. The summed E-state index contributed by atoms with van der Waals surface area (Å²) in [5, 5.41) is 8.87.